The molecule has 8 heteroatoms. The standard InChI is InChI=1S/C17H17N3O4S/c1-9-3-4-11(5-10(9)2)18-13-7-14(21)20(16(13)24)17-19-12(8-25-17)6-15(22)23/h3-5,8,13,18H,6-7H2,1-2H3,(H,22,23). The van der Waals surface area contributed by atoms with Crippen molar-refractivity contribution < 1.29 is 19.5 Å². The number of aliphatic carboxylic acids is 1. The van der Waals surface area contributed by atoms with Crippen LogP contribution in [0.4, 0.5) is 10.8 Å². The number of benzene rings is 1. The van der Waals surface area contributed by atoms with E-state index < -0.39 is 12.0 Å². The second kappa shape index (κ2) is 6.64. The third kappa shape index (κ3) is 3.53. The molecular weight excluding hydrogens is 342 g/mol. The van der Waals surface area contributed by atoms with E-state index in [1.54, 1.807) is 5.38 Å². The van der Waals surface area contributed by atoms with Crippen LogP contribution in [0, 0.1) is 13.8 Å². The largest absolute Gasteiger partial charge is 0.481 e. The molecule has 1 aliphatic rings. The summed E-state index contributed by atoms with van der Waals surface area (Å²) in [6.45, 7) is 3.98. The van der Waals surface area contributed by atoms with Crippen molar-refractivity contribution in [1.82, 2.24) is 4.98 Å². The summed E-state index contributed by atoms with van der Waals surface area (Å²) >= 11 is 1.09. The zero-order chi connectivity index (χ0) is 18.1. The molecule has 2 amide bonds. The van der Waals surface area contributed by atoms with Gasteiger partial charge in [0.2, 0.25) is 5.91 Å². The molecule has 0 aliphatic carbocycles. The maximum absolute atomic E-state index is 12.6. The second-order valence-corrected chi connectivity index (χ2v) is 6.80. The molecule has 0 saturated carbocycles. The molecule has 0 radical (unpaired) electrons. The van der Waals surface area contributed by atoms with Crippen molar-refractivity contribution in [3.63, 3.8) is 0 Å². The molecule has 25 heavy (non-hydrogen) atoms. The number of aromatic nitrogens is 1. The first-order valence-corrected chi connectivity index (χ1v) is 8.60. The number of nitrogens with one attached hydrogen (secondary N) is 1. The zero-order valence-electron chi connectivity index (χ0n) is 13.8. The average molecular weight is 359 g/mol. The van der Waals surface area contributed by atoms with E-state index in [0.29, 0.717) is 5.69 Å². The van der Waals surface area contributed by atoms with Gasteiger partial charge in [0.1, 0.15) is 6.04 Å². The number of nitrogens with zero attached hydrogens (tertiary/aromatic N) is 2. The molecule has 1 fully saturated rings. The van der Waals surface area contributed by atoms with Gasteiger partial charge >= 0.3 is 5.97 Å². The van der Waals surface area contributed by atoms with Gasteiger partial charge in [-0.1, -0.05) is 6.07 Å². The van der Waals surface area contributed by atoms with E-state index in [2.05, 4.69) is 10.3 Å². The van der Waals surface area contributed by atoms with Crippen LogP contribution in [0.5, 0.6) is 0 Å². The van der Waals surface area contributed by atoms with Crippen LogP contribution >= 0.6 is 11.3 Å². The van der Waals surface area contributed by atoms with Gasteiger partial charge in [-0.2, -0.15) is 0 Å². The third-order valence-corrected chi connectivity index (χ3v) is 4.93. The van der Waals surface area contributed by atoms with Gasteiger partial charge in [-0.3, -0.25) is 14.4 Å². The fourth-order valence-corrected chi connectivity index (χ4v) is 3.46. The van der Waals surface area contributed by atoms with Gasteiger partial charge in [-0.05, 0) is 37.1 Å². The fraction of sp³-hybridized carbons (Fsp3) is 0.294. The van der Waals surface area contributed by atoms with Crippen molar-refractivity contribution in [3.8, 4) is 0 Å². The van der Waals surface area contributed by atoms with Gasteiger partial charge in [-0.15, -0.1) is 11.3 Å². The molecule has 2 aromatic rings. The molecule has 2 heterocycles. The van der Waals surface area contributed by atoms with Crippen molar-refractivity contribution in [2.24, 2.45) is 0 Å². The summed E-state index contributed by atoms with van der Waals surface area (Å²) in [7, 11) is 0. The van der Waals surface area contributed by atoms with Gasteiger partial charge in [0, 0.05) is 11.1 Å². The Morgan fingerprint density at radius 1 is 1.36 bits per heavy atom. The highest BCUT2D eigenvalue weighted by Crippen LogP contribution is 2.28. The lowest BCUT2D eigenvalue weighted by Crippen LogP contribution is -2.34. The molecule has 130 valence electrons. The Balaban J connectivity index is 1.76. The van der Waals surface area contributed by atoms with Crippen LogP contribution in [-0.2, 0) is 20.8 Å². The number of carboxylic acid groups (broad SMARTS) is 1. The summed E-state index contributed by atoms with van der Waals surface area (Å²) in [4.78, 5) is 40.7. The number of aryl methyl sites for hydroxylation is 2. The monoisotopic (exact) mass is 359 g/mol. The fourth-order valence-electron chi connectivity index (χ4n) is 2.61. The van der Waals surface area contributed by atoms with E-state index in [1.807, 2.05) is 32.0 Å². The summed E-state index contributed by atoms with van der Waals surface area (Å²) < 4.78 is 0. The Morgan fingerprint density at radius 2 is 2.12 bits per heavy atom. The Hall–Kier alpha value is -2.74. The number of imide groups is 1. The van der Waals surface area contributed by atoms with Crippen LogP contribution in [-0.4, -0.2) is 33.9 Å². The van der Waals surface area contributed by atoms with E-state index in [4.69, 9.17) is 5.11 Å². The molecule has 1 saturated heterocycles. The number of thiazole rings is 1. The first kappa shape index (κ1) is 17.1. The third-order valence-electron chi connectivity index (χ3n) is 4.06. The maximum atomic E-state index is 12.6. The quantitative estimate of drug-likeness (QED) is 0.794. The normalized spacial score (nSPS) is 17.2. The Bertz CT molecular complexity index is 861. The zero-order valence-corrected chi connectivity index (χ0v) is 14.6. The Labute approximate surface area is 148 Å². The maximum Gasteiger partial charge on any atom is 0.309 e. The number of carboxylic acids is 1. The minimum absolute atomic E-state index is 0.0413. The summed E-state index contributed by atoms with van der Waals surface area (Å²) in [6.07, 6.45) is -0.198. The second-order valence-electron chi connectivity index (χ2n) is 5.96. The highest BCUT2D eigenvalue weighted by Gasteiger charge is 2.41. The predicted octanol–water partition coefficient (Wildman–Crippen LogP) is 2.13. The number of anilines is 2. The summed E-state index contributed by atoms with van der Waals surface area (Å²) in [6, 6.07) is 5.11. The lowest BCUT2D eigenvalue weighted by Gasteiger charge is -2.14. The average Bonchev–Trinajstić information content (AvgIpc) is 3.07. The summed E-state index contributed by atoms with van der Waals surface area (Å²) in [5, 5.41) is 13.7. The van der Waals surface area contributed by atoms with Crippen LogP contribution in [0.2, 0.25) is 0 Å². The predicted molar refractivity (Wildman–Crippen MR) is 93.9 cm³/mol. The number of hydrogen-bond donors (Lipinski definition) is 2. The van der Waals surface area contributed by atoms with Crippen molar-refractivity contribution in [3.05, 3.63) is 40.4 Å². The van der Waals surface area contributed by atoms with Gasteiger partial charge < -0.3 is 10.4 Å². The van der Waals surface area contributed by atoms with Crippen molar-refractivity contribution >= 4 is 39.9 Å². The van der Waals surface area contributed by atoms with Gasteiger partial charge in [0.25, 0.3) is 5.91 Å². The minimum atomic E-state index is -1.01. The Kier molecular flexibility index (Phi) is 4.54. The van der Waals surface area contributed by atoms with E-state index in [0.717, 1.165) is 33.1 Å². The molecule has 2 N–H and O–H groups in total. The molecule has 1 aliphatic heterocycles. The van der Waals surface area contributed by atoms with Gasteiger partial charge in [0.15, 0.2) is 5.13 Å². The highest BCUT2D eigenvalue weighted by molar-refractivity contribution is 7.14. The number of rotatable bonds is 5. The van der Waals surface area contributed by atoms with Crippen LogP contribution < -0.4 is 10.2 Å². The Morgan fingerprint density at radius 3 is 2.80 bits per heavy atom. The lowest BCUT2D eigenvalue weighted by molar-refractivity contribution is -0.136. The summed E-state index contributed by atoms with van der Waals surface area (Å²) in [5.74, 6) is -1.73. The molecule has 1 aromatic carbocycles. The molecular formula is C17H17N3O4S. The molecule has 0 bridgehead atoms. The van der Waals surface area contributed by atoms with E-state index in [-0.39, 0.29) is 29.8 Å². The lowest BCUT2D eigenvalue weighted by atomic mass is 10.1. The van der Waals surface area contributed by atoms with Crippen LogP contribution in [0.1, 0.15) is 23.2 Å². The van der Waals surface area contributed by atoms with Gasteiger partial charge in [0.05, 0.1) is 18.5 Å². The van der Waals surface area contributed by atoms with Crippen LogP contribution in [0.3, 0.4) is 0 Å². The summed E-state index contributed by atoms with van der Waals surface area (Å²) in [5.41, 5.74) is 3.35. The smallest absolute Gasteiger partial charge is 0.309 e. The van der Waals surface area contributed by atoms with Crippen molar-refractivity contribution in [1.29, 1.82) is 0 Å². The molecule has 0 spiro atoms. The van der Waals surface area contributed by atoms with Gasteiger partial charge in [-0.25, -0.2) is 9.88 Å². The minimum Gasteiger partial charge on any atom is -0.481 e. The highest BCUT2D eigenvalue weighted by atomic mass is 32.1. The molecule has 1 aromatic heterocycles. The van der Waals surface area contributed by atoms with Crippen molar-refractivity contribution in [2.75, 3.05) is 10.2 Å². The topological polar surface area (TPSA) is 99.6 Å². The first-order valence-electron chi connectivity index (χ1n) is 7.72. The molecule has 1 atom stereocenters. The van der Waals surface area contributed by atoms with Crippen LogP contribution in [0.25, 0.3) is 0 Å². The van der Waals surface area contributed by atoms with E-state index in [9.17, 15) is 14.4 Å². The number of hydrogen-bond acceptors (Lipinski definition) is 6. The molecule has 1 unspecified atom stereocenters. The molecule has 3 rings (SSSR count). The molecule has 7 nitrogen and oxygen atoms in total. The van der Waals surface area contributed by atoms with Crippen LogP contribution in [0.15, 0.2) is 23.6 Å². The number of carbonyl (C=O) groups excluding carboxylic acids is 2. The number of carbonyl (C=O) groups is 3. The number of amides is 2. The van der Waals surface area contributed by atoms with Crippen molar-refractivity contribution in [2.45, 2.75) is 32.7 Å². The van der Waals surface area contributed by atoms with E-state index >= 15 is 0 Å². The SMILES string of the molecule is Cc1ccc(NC2CC(=O)N(c3nc(CC(=O)O)cs3)C2=O)cc1C. The van der Waals surface area contributed by atoms with E-state index in [1.165, 1.54) is 0 Å². The first-order chi connectivity index (χ1) is 11.8.